The average molecular weight is 1310 g/mol. The zero-order valence-corrected chi connectivity index (χ0v) is 52.8. The number of ether oxygens (including phenoxy) is 15. The van der Waals surface area contributed by atoms with Crippen LogP contribution >= 0.6 is 0 Å². The van der Waals surface area contributed by atoms with Crippen molar-refractivity contribution in [3.05, 3.63) is 178 Å². The lowest BCUT2D eigenvalue weighted by Crippen LogP contribution is -2.64. The Morgan fingerprint density at radius 2 is 0.863 bits per heavy atom. The van der Waals surface area contributed by atoms with Crippen LogP contribution < -0.4 is 29.1 Å². The molecule has 7 aromatic rings. The second-order valence-electron chi connectivity index (χ2n) is 22.0. The van der Waals surface area contributed by atoms with Gasteiger partial charge in [-0.15, -0.1) is 0 Å². The molecule has 0 amide bonds. The van der Waals surface area contributed by atoms with E-state index in [0.29, 0.717) is 0 Å². The number of rotatable bonds is 27. The van der Waals surface area contributed by atoms with E-state index in [4.69, 9.17) is 75.5 Å². The van der Waals surface area contributed by atoms with Gasteiger partial charge in [0.05, 0.1) is 12.5 Å². The number of benzene rings is 6. The van der Waals surface area contributed by atoms with Crippen molar-refractivity contribution in [3.63, 3.8) is 0 Å². The van der Waals surface area contributed by atoms with Gasteiger partial charge in [-0.3, -0.25) is 38.4 Å². The summed E-state index contributed by atoms with van der Waals surface area (Å²) < 4.78 is 98.3. The molecule has 9 rings (SSSR count). The van der Waals surface area contributed by atoms with Crippen molar-refractivity contribution in [2.75, 3.05) is 19.8 Å². The first kappa shape index (κ1) is 68.9. The maximum Gasteiger partial charge on any atom is 0.303 e. The highest BCUT2D eigenvalue weighted by molar-refractivity contribution is 5.89. The van der Waals surface area contributed by atoms with Gasteiger partial charge in [0.15, 0.2) is 41.9 Å². The van der Waals surface area contributed by atoms with Gasteiger partial charge in [0.25, 0.3) is 0 Å². The molecule has 0 saturated carbocycles. The molecule has 0 spiro atoms. The third-order valence-corrected chi connectivity index (χ3v) is 14.6. The number of fused-ring (bicyclic) bond motifs is 1. The molecule has 0 bridgehead atoms. The Morgan fingerprint density at radius 3 is 1.37 bits per heavy atom. The third-order valence-electron chi connectivity index (χ3n) is 14.6. The molecule has 3 heterocycles. The summed E-state index contributed by atoms with van der Waals surface area (Å²) in [5, 5.41) is 11.5. The smallest absolute Gasteiger partial charge is 0.303 e. The van der Waals surface area contributed by atoms with E-state index in [0.717, 1.165) is 70.7 Å². The number of carbonyl (C=O) groups excluding carboxylic acids is 7. The molecule has 0 aliphatic carbocycles. The van der Waals surface area contributed by atoms with Crippen molar-refractivity contribution >= 4 is 52.8 Å². The molecule has 95 heavy (non-hydrogen) atoms. The summed E-state index contributed by atoms with van der Waals surface area (Å²) in [4.78, 5) is 106. The molecule has 0 radical (unpaired) electrons. The third kappa shape index (κ3) is 18.6. The van der Waals surface area contributed by atoms with Crippen LogP contribution in [-0.4, -0.2) is 122 Å². The van der Waals surface area contributed by atoms with Crippen LogP contribution in [0.1, 0.15) is 70.7 Å². The number of esters is 7. The molecule has 0 unspecified atom stereocenters. The van der Waals surface area contributed by atoms with Gasteiger partial charge in [-0.25, -0.2) is 0 Å². The highest BCUT2D eigenvalue weighted by Gasteiger charge is 2.56. The lowest BCUT2D eigenvalue weighted by molar-refractivity contribution is -0.323. The van der Waals surface area contributed by atoms with E-state index < -0.39 is 151 Å². The first-order valence-electron chi connectivity index (χ1n) is 30.1. The summed E-state index contributed by atoms with van der Waals surface area (Å²) in [5.41, 5.74) is 1.81. The van der Waals surface area contributed by atoms with Crippen LogP contribution in [0.2, 0.25) is 0 Å². The van der Waals surface area contributed by atoms with Crippen molar-refractivity contribution in [2.24, 2.45) is 5.92 Å². The summed E-state index contributed by atoms with van der Waals surface area (Å²) >= 11 is 0. The van der Waals surface area contributed by atoms with Crippen LogP contribution in [0.4, 0.5) is 0 Å². The zero-order chi connectivity index (χ0) is 67.7. The van der Waals surface area contributed by atoms with Gasteiger partial charge in [0.2, 0.25) is 29.3 Å². The second kappa shape index (κ2) is 32.4. The van der Waals surface area contributed by atoms with Crippen molar-refractivity contribution in [3.8, 4) is 45.8 Å². The molecular weight excluding hydrogens is 1240 g/mol. The maximum atomic E-state index is 15.7. The van der Waals surface area contributed by atoms with Gasteiger partial charge in [-0.05, 0) is 34.4 Å². The van der Waals surface area contributed by atoms with Crippen LogP contribution in [0.5, 0.6) is 34.5 Å². The van der Waals surface area contributed by atoms with E-state index in [1.807, 2.05) is 121 Å². The highest BCUT2D eigenvalue weighted by Crippen LogP contribution is 2.47. The fraction of sp³-hybridized carbons (Fsp3) is 0.343. The monoisotopic (exact) mass is 1310 g/mol. The Hall–Kier alpha value is -10.5. The number of phenols is 1. The van der Waals surface area contributed by atoms with E-state index in [9.17, 15) is 38.7 Å². The van der Waals surface area contributed by atoms with Gasteiger partial charge in [0, 0.05) is 66.2 Å². The van der Waals surface area contributed by atoms with Crippen LogP contribution in [0.15, 0.2) is 155 Å². The molecule has 25 heteroatoms. The summed E-state index contributed by atoms with van der Waals surface area (Å²) in [6.45, 7) is 5.42. The van der Waals surface area contributed by atoms with Gasteiger partial charge < -0.3 is 80.6 Å². The fourth-order valence-electron chi connectivity index (χ4n) is 10.6. The molecule has 2 aliphatic rings. The molecule has 1 N–H and O–H groups in total. The van der Waals surface area contributed by atoms with Crippen LogP contribution in [0.3, 0.4) is 0 Å². The van der Waals surface area contributed by atoms with Crippen molar-refractivity contribution < 1.29 is 114 Å². The lowest BCUT2D eigenvalue weighted by atomic mass is 9.89. The Bertz CT molecular complexity index is 3810. The minimum Gasteiger partial charge on any atom is -0.507 e. The van der Waals surface area contributed by atoms with Crippen molar-refractivity contribution in [1.82, 2.24) is 0 Å². The normalized spacial score (nSPS) is 20.6. The molecule has 6 aromatic carbocycles. The largest absolute Gasteiger partial charge is 0.507 e. The Morgan fingerprint density at radius 1 is 0.432 bits per heavy atom. The van der Waals surface area contributed by atoms with Gasteiger partial charge in [-0.2, -0.15) is 0 Å². The Balaban J connectivity index is 1.22. The van der Waals surface area contributed by atoms with Crippen LogP contribution in [-0.2, 0) is 107 Å². The standard InChI is InChI=1S/C70H70O25/c1-39(71)80-36-52-62(87-41(3)73)57(37-81-40(2)72)93-69(63(52)88-42(4)74)86-38-58-65(89-43(5)75)67(90-44(6)76)68(91-45(7)77)70(94-58)95-66-60(79)59-53(78)30-51(82-32-46-20-12-8-13-21-46)31-54(59)92-61(66)50-28-55(83-33-47-22-14-9-15-23-47)64(85-35-49-26-18-11-19-27-49)56(29-50)84-34-48-24-16-10-17-25-48/h8-31,52,57-58,62-63,65,67-70,78H,32-38H2,1-7H3/t52-,57+,58+,62+,63+,65-,67-,68+,69+,70-/m0/s1. The molecule has 1 aromatic heterocycles. The summed E-state index contributed by atoms with van der Waals surface area (Å²) in [5.74, 6) is -9.00. The predicted octanol–water partition coefficient (Wildman–Crippen LogP) is 8.73. The van der Waals surface area contributed by atoms with E-state index in [-0.39, 0.29) is 60.6 Å². The number of hydrogen-bond donors (Lipinski definition) is 1. The van der Waals surface area contributed by atoms with Gasteiger partial charge >= 0.3 is 41.8 Å². The number of carbonyl (C=O) groups is 7. The first-order valence-corrected chi connectivity index (χ1v) is 30.1. The summed E-state index contributed by atoms with van der Waals surface area (Å²) in [6, 6.07) is 42.5. The lowest BCUT2D eigenvalue weighted by Gasteiger charge is -2.46. The molecule has 2 aliphatic heterocycles. The van der Waals surface area contributed by atoms with Gasteiger partial charge in [0.1, 0.15) is 80.4 Å². The minimum absolute atomic E-state index is 0.0183. The predicted molar refractivity (Wildman–Crippen MR) is 331 cm³/mol. The topological polar surface area (TPSA) is 308 Å². The van der Waals surface area contributed by atoms with Crippen LogP contribution in [0, 0.1) is 5.92 Å². The van der Waals surface area contributed by atoms with Gasteiger partial charge in [-0.1, -0.05) is 121 Å². The van der Waals surface area contributed by atoms with Crippen LogP contribution in [0.25, 0.3) is 22.3 Å². The van der Waals surface area contributed by atoms with Crippen molar-refractivity contribution in [2.45, 2.75) is 130 Å². The van der Waals surface area contributed by atoms with E-state index >= 15 is 4.79 Å². The molecule has 500 valence electrons. The zero-order valence-electron chi connectivity index (χ0n) is 52.8. The Kier molecular flexibility index (Phi) is 23.5. The minimum atomic E-state index is -2.12. The molecule has 10 atom stereocenters. The van der Waals surface area contributed by atoms with E-state index in [1.54, 1.807) is 0 Å². The SMILES string of the molecule is CC(=O)OC[C@H]1[C@@H](OC(C)=O)[C@@H](COC(C)=O)O[C@@H](OC[C@H]2O[C@@H](Oc3c(-c4cc(OCc5ccccc5)c(OCc5ccccc5)c(OCc5ccccc5)c4)oc4cc(OCc5ccccc5)cc(O)c4c3=O)[C@H](OC(C)=O)[C@@H](OC(C)=O)[C@H]2OC(C)=O)[C@@H]1OC(C)=O. The highest BCUT2D eigenvalue weighted by atomic mass is 16.8. The molecule has 25 nitrogen and oxygen atoms in total. The molecule has 2 saturated heterocycles. The number of aromatic hydroxyl groups is 1. The quantitative estimate of drug-likeness (QED) is 0.0371. The summed E-state index contributed by atoms with van der Waals surface area (Å²) in [6.07, 6.45) is -15.7. The first-order chi connectivity index (χ1) is 45.7. The molecule has 2 fully saturated rings. The average Bonchev–Trinajstić information content (AvgIpc) is 0.754. The number of phenolic OH excluding ortho intramolecular Hbond substituents is 1. The summed E-state index contributed by atoms with van der Waals surface area (Å²) in [7, 11) is 0. The fourth-order valence-corrected chi connectivity index (χ4v) is 10.6. The Labute approximate surface area is 544 Å². The number of hydrogen-bond acceptors (Lipinski definition) is 25. The second-order valence-corrected chi connectivity index (χ2v) is 22.0. The van der Waals surface area contributed by atoms with Crippen molar-refractivity contribution in [1.29, 1.82) is 0 Å². The van der Waals surface area contributed by atoms with E-state index in [2.05, 4.69) is 0 Å². The maximum absolute atomic E-state index is 15.7. The van der Waals surface area contributed by atoms with E-state index in [1.165, 1.54) is 24.3 Å². The molecular formula is C70H70O25.